The van der Waals surface area contributed by atoms with E-state index in [-0.39, 0.29) is 24.0 Å². The van der Waals surface area contributed by atoms with Crippen LogP contribution in [-0.4, -0.2) is 37.0 Å². The number of rotatable bonds is 8. The molecule has 2 aromatic carbocycles. The third-order valence-electron chi connectivity index (χ3n) is 4.26. The van der Waals surface area contributed by atoms with E-state index in [1.54, 1.807) is 12.1 Å². The molecule has 2 atom stereocenters. The Bertz CT molecular complexity index is 888. The van der Waals surface area contributed by atoms with Crippen LogP contribution in [0, 0.1) is 11.6 Å². The average Bonchev–Trinajstić information content (AvgIpc) is 2.69. The van der Waals surface area contributed by atoms with Gasteiger partial charge in [0.05, 0.1) is 7.11 Å². The Labute approximate surface area is 167 Å². The van der Waals surface area contributed by atoms with Gasteiger partial charge in [-0.3, -0.25) is 9.59 Å². The Balaban J connectivity index is 2.20. The van der Waals surface area contributed by atoms with Crippen molar-refractivity contribution >= 4 is 17.8 Å². The highest BCUT2D eigenvalue weighted by Crippen LogP contribution is 2.12. The van der Waals surface area contributed by atoms with Crippen LogP contribution in [-0.2, 0) is 32.0 Å². The summed E-state index contributed by atoms with van der Waals surface area (Å²) in [5.41, 5.74) is 0.443. The molecule has 0 saturated carbocycles. The molecule has 2 amide bonds. The van der Waals surface area contributed by atoms with Gasteiger partial charge in [0, 0.05) is 19.8 Å². The normalized spacial score (nSPS) is 12.6. The van der Waals surface area contributed by atoms with Crippen LogP contribution in [0.2, 0.25) is 0 Å². The highest BCUT2D eigenvalue weighted by molar-refractivity contribution is 5.90. The van der Waals surface area contributed by atoms with Gasteiger partial charge in [0.15, 0.2) is 0 Å². The molecule has 29 heavy (non-hydrogen) atoms. The molecule has 0 saturated heterocycles. The van der Waals surface area contributed by atoms with E-state index in [2.05, 4.69) is 10.6 Å². The molecule has 0 spiro atoms. The smallest absolute Gasteiger partial charge is 0.328 e. The molecule has 0 aliphatic carbocycles. The molecule has 0 radical (unpaired) electrons. The van der Waals surface area contributed by atoms with Gasteiger partial charge in [-0.25, -0.2) is 13.6 Å². The van der Waals surface area contributed by atoms with Crippen LogP contribution in [0.4, 0.5) is 8.78 Å². The molecule has 154 valence electrons. The second-order valence-electron chi connectivity index (χ2n) is 6.43. The molecule has 2 N–H and O–H groups in total. The number of amides is 2. The lowest BCUT2D eigenvalue weighted by molar-refractivity contribution is -0.145. The fourth-order valence-electron chi connectivity index (χ4n) is 2.83. The summed E-state index contributed by atoms with van der Waals surface area (Å²) in [6, 6.07) is 9.38. The lowest BCUT2D eigenvalue weighted by atomic mass is 10.0. The first-order chi connectivity index (χ1) is 13.8. The summed E-state index contributed by atoms with van der Waals surface area (Å²) in [4.78, 5) is 36.4. The standard InChI is InChI=1S/C21H22F2N2O4/c1-13(26)24-18(11-14-7-3-5-9-16(14)22)20(27)25-19(21(28)29-2)12-15-8-4-6-10-17(15)23/h3-10,18-19H,11-12H2,1-2H3,(H,24,26)(H,25,27)/t18-,19+/m1/s1. The molecule has 8 heteroatoms. The zero-order valence-electron chi connectivity index (χ0n) is 16.1. The molecule has 2 rings (SSSR count). The summed E-state index contributed by atoms with van der Waals surface area (Å²) in [7, 11) is 1.15. The quantitative estimate of drug-likeness (QED) is 0.659. The van der Waals surface area contributed by atoms with Crippen molar-refractivity contribution in [1.82, 2.24) is 10.6 Å². The van der Waals surface area contributed by atoms with Crippen LogP contribution in [0.3, 0.4) is 0 Å². The first kappa shape index (κ1) is 22.0. The minimum atomic E-state index is -1.18. The lowest BCUT2D eigenvalue weighted by Gasteiger charge is -2.22. The number of hydrogen-bond donors (Lipinski definition) is 2. The van der Waals surface area contributed by atoms with Gasteiger partial charge in [-0.15, -0.1) is 0 Å². The second-order valence-corrected chi connectivity index (χ2v) is 6.43. The van der Waals surface area contributed by atoms with Crippen molar-refractivity contribution in [2.24, 2.45) is 0 Å². The molecule has 0 heterocycles. The summed E-state index contributed by atoms with van der Waals surface area (Å²) in [6.45, 7) is 1.22. The molecule has 0 bridgehead atoms. The van der Waals surface area contributed by atoms with Gasteiger partial charge < -0.3 is 15.4 Å². The minimum absolute atomic E-state index is 0.119. The fraction of sp³-hybridized carbons (Fsp3) is 0.286. The van der Waals surface area contributed by atoms with E-state index in [9.17, 15) is 23.2 Å². The van der Waals surface area contributed by atoms with Crippen molar-refractivity contribution in [3.8, 4) is 0 Å². The molecule has 6 nitrogen and oxygen atoms in total. The van der Waals surface area contributed by atoms with E-state index in [4.69, 9.17) is 4.74 Å². The summed E-state index contributed by atoms with van der Waals surface area (Å²) >= 11 is 0. The number of esters is 1. The van der Waals surface area contributed by atoms with E-state index in [0.717, 1.165) is 7.11 Å². The van der Waals surface area contributed by atoms with Crippen molar-refractivity contribution in [2.75, 3.05) is 7.11 Å². The van der Waals surface area contributed by atoms with Crippen molar-refractivity contribution < 1.29 is 27.9 Å². The topological polar surface area (TPSA) is 84.5 Å². The Hall–Kier alpha value is -3.29. The second kappa shape index (κ2) is 10.3. The summed E-state index contributed by atoms with van der Waals surface area (Å²) in [5.74, 6) is -3.03. The zero-order chi connectivity index (χ0) is 21.4. The third-order valence-corrected chi connectivity index (χ3v) is 4.26. The lowest BCUT2D eigenvalue weighted by Crippen LogP contribution is -2.53. The van der Waals surface area contributed by atoms with Crippen molar-refractivity contribution in [3.05, 3.63) is 71.3 Å². The minimum Gasteiger partial charge on any atom is -0.467 e. The van der Waals surface area contributed by atoms with Crippen molar-refractivity contribution in [2.45, 2.75) is 31.8 Å². The number of hydrogen-bond acceptors (Lipinski definition) is 4. The van der Waals surface area contributed by atoms with Crippen LogP contribution < -0.4 is 10.6 Å². The maximum absolute atomic E-state index is 14.0. The Kier molecular flexibility index (Phi) is 7.82. The first-order valence-corrected chi connectivity index (χ1v) is 8.94. The average molecular weight is 404 g/mol. The molecular formula is C21H22F2N2O4. The maximum Gasteiger partial charge on any atom is 0.328 e. The molecular weight excluding hydrogens is 382 g/mol. The van der Waals surface area contributed by atoms with Crippen LogP contribution in [0.1, 0.15) is 18.1 Å². The molecule has 0 unspecified atom stereocenters. The molecule has 2 aromatic rings. The number of carbonyl (C=O) groups is 3. The van der Waals surface area contributed by atoms with Crippen LogP contribution in [0.15, 0.2) is 48.5 Å². The molecule has 0 aromatic heterocycles. The number of benzene rings is 2. The predicted molar refractivity (Wildman–Crippen MR) is 102 cm³/mol. The van der Waals surface area contributed by atoms with E-state index in [1.807, 2.05) is 0 Å². The number of halogens is 2. The zero-order valence-corrected chi connectivity index (χ0v) is 16.1. The van der Waals surface area contributed by atoms with E-state index in [0.29, 0.717) is 0 Å². The van der Waals surface area contributed by atoms with Crippen LogP contribution in [0.25, 0.3) is 0 Å². The summed E-state index contributed by atoms with van der Waals surface area (Å²) < 4.78 is 32.6. The number of carbonyl (C=O) groups excluding carboxylic acids is 3. The van der Waals surface area contributed by atoms with E-state index in [1.165, 1.54) is 43.3 Å². The Morgan fingerprint density at radius 1 is 0.862 bits per heavy atom. The number of ether oxygens (including phenoxy) is 1. The molecule has 0 fully saturated rings. The fourth-order valence-corrected chi connectivity index (χ4v) is 2.83. The van der Waals surface area contributed by atoms with E-state index < -0.39 is 41.5 Å². The van der Waals surface area contributed by atoms with Gasteiger partial charge in [-0.2, -0.15) is 0 Å². The van der Waals surface area contributed by atoms with Gasteiger partial charge in [-0.1, -0.05) is 36.4 Å². The summed E-state index contributed by atoms with van der Waals surface area (Å²) in [6.07, 6.45) is -0.261. The predicted octanol–water partition coefficient (Wildman–Crippen LogP) is 1.91. The van der Waals surface area contributed by atoms with Crippen molar-refractivity contribution in [3.63, 3.8) is 0 Å². The van der Waals surface area contributed by atoms with Crippen molar-refractivity contribution in [1.29, 1.82) is 0 Å². The third kappa shape index (κ3) is 6.38. The van der Waals surface area contributed by atoms with Gasteiger partial charge >= 0.3 is 5.97 Å². The molecule has 0 aliphatic heterocycles. The highest BCUT2D eigenvalue weighted by atomic mass is 19.1. The first-order valence-electron chi connectivity index (χ1n) is 8.94. The number of methoxy groups -OCH3 is 1. The van der Waals surface area contributed by atoms with E-state index >= 15 is 0 Å². The Morgan fingerprint density at radius 2 is 1.34 bits per heavy atom. The Morgan fingerprint density at radius 3 is 1.79 bits per heavy atom. The summed E-state index contributed by atoms with van der Waals surface area (Å²) in [5, 5.41) is 4.92. The number of nitrogens with one attached hydrogen (secondary N) is 2. The van der Waals surface area contributed by atoms with Crippen LogP contribution in [0.5, 0.6) is 0 Å². The van der Waals surface area contributed by atoms with Crippen LogP contribution >= 0.6 is 0 Å². The molecule has 0 aliphatic rings. The maximum atomic E-state index is 14.0. The van der Waals surface area contributed by atoms with Gasteiger partial charge in [0.1, 0.15) is 23.7 Å². The largest absolute Gasteiger partial charge is 0.467 e. The van der Waals surface area contributed by atoms with Gasteiger partial charge in [0.25, 0.3) is 0 Å². The highest BCUT2D eigenvalue weighted by Gasteiger charge is 2.28. The van der Waals surface area contributed by atoms with Gasteiger partial charge in [-0.05, 0) is 23.3 Å². The van der Waals surface area contributed by atoms with Gasteiger partial charge in [0.2, 0.25) is 11.8 Å². The SMILES string of the molecule is COC(=O)[C@H](Cc1ccccc1F)NC(=O)[C@@H](Cc1ccccc1F)NC(C)=O. The monoisotopic (exact) mass is 404 g/mol.